The first-order valence-corrected chi connectivity index (χ1v) is 8.05. The number of benzene rings is 1. The molecule has 1 aliphatic rings. The summed E-state index contributed by atoms with van der Waals surface area (Å²) in [5.74, 6) is -0.238. The topological polar surface area (TPSA) is 98.9 Å². The van der Waals surface area contributed by atoms with Gasteiger partial charge in [0, 0.05) is 49.9 Å². The van der Waals surface area contributed by atoms with Gasteiger partial charge in [-0.1, -0.05) is 12.1 Å². The maximum absolute atomic E-state index is 12.3. The van der Waals surface area contributed by atoms with Crippen LogP contribution in [0.5, 0.6) is 0 Å². The highest BCUT2D eigenvalue weighted by Crippen LogP contribution is 2.15. The van der Waals surface area contributed by atoms with Crippen LogP contribution >= 0.6 is 12.4 Å². The summed E-state index contributed by atoms with van der Waals surface area (Å²) in [4.78, 5) is 23.3. The van der Waals surface area contributed by atoms with Gasteiger partial charge in [0.2, 0.25) is 5.91 Å². The van der Waals surface area contributed by atoms with Gasteiger partial charge in [-0.3, -0.25) is 14.7 Å². The molecule has 7 nitrogen and oxygen atoms in total. The first kappa shape index (κ1) is 19.0. The molecule has 0 unspecified atom stereocenters. The summed E-state index contributed by atoms with van der Waals surface area (Å²) in [6, 6.07) is 7.60. The van der Waals surface area contributed by atoms with E-state index in [0.29, 0.717) is 18.8 Å². The van der Waals surface area contributed by atoms with Crippen molar-refractivity contribution in [2.24, 2.45) is 0 Å². The molecule has 4 N–H and O–H groups in total. The lowest BCUT2D eigenvalue weighted by Gasteiger charge is -2.12. The Morgan fingerprint density at radius 3 is 2.72 bits per heavy atom. The van der Waals surface area contributed by atoms with Gasteiger partial charge in [-0.25, -0.2) is 0 Å². The summed E-state index contributed by atoms with van der Waals surface area (Å²) in [6.07, 6.45) is 1.59. The minimum absolute atomic E-state index is 0. The molecule has 1 aliphatic heterocycles. The lowest BCUT2D eigenvalue weighted by molar-refractivity contribution is -0.114. The molecule has 2 aromatic rings. The molecule has 2 heterocycles. The number of aromatic nitrogens is 2. The number of anilines is 1. The average Bonchev–Trinajstić information content (AvgIpc) is 3.00. The van der Waals surface area contributed by atoms with E-state index in [2.05, 4.69) is 26.1 Å². The Balaban J connectivity index is 0.00000225. The summed E-state index contributed by atoms with van der Waals surface area (Å²) in [5, 5.41) is 16.0. The summed E-state index contributed by atoms with van der Waals surface area (Å²) in [6.45, 7) is 3.60. The molecule has 25 heavy (non-hydrogen) atoms. The van der Waals surface area contributed by atoms with Gasteiger partial charge >= 0.3 is 0 Å². The van der Waals surface area contributed by atoms with Crippen LogP contribution in [0.1, 0.15) is 34.2 Å². The minimum Gasteiger partial charge on any atom is -0.350 e. The highest BCUT2D eigenvalue weighted by molar-refractivity contribution is 5.94. The summed E-state index contributed by atoms with van der Waals surface area (Å²) >= 11 is 0. The smallest absolute Gasteiger partial charge is 0.272 e. The predicted molar refractivity (Wildman–Crippen MR) is 98.0 cm³/mol. The molecule has 0 spiro atoms. The average molecular weight is 364 g/mol. The van der Waals surface area contributed by atoms with Crippen LogP contribution in [-0.4, -0.2) is 35.1 Å². The molecule has 0 saturated carbocycles. The minimum atomic E-state index is -0.147. The van der Waals surface area contributed by atoms with Crippen molar-refractivity contribution in [3.63, 3.8) is 0 Å². The second-order valence-electron chi connectivity index (χ2n) is 5.84. The maximum Gasteiger partial charge on any atom is 0.272 e. The number of rotatable bonds is 5. The standard InChI is InChI=1S/C17H21N5O2.ClH/c1-11(23)20-13-4-2-12(3-5-13)6-9-19-17(24)16-14-10-18-8-7-15(14)21-22-16;/h2-5,18H,6-10H2,1H3,(H,19,24)(H,20,23)(H,21,22);1H. The summed E-state index contributed by atoms with van der Waals surface area (Å²) in [7, 11) is 0. The number of H-pyrrole nitrogens is 1. The molecule has 0 atom stereocenters. The number of halogens is 1. The van der Waals surface area contributed by atoms with Gasteiger partial charge in [0.15, 0.2) is 5.69 Å². The van der Waals surface area contributed by atoms with Gasteiger partial charge in [-0.2, -0.15) is 5.10 Å². The SMILES string of the molecule is CC(=O)Nc1ccc(CCNC(=O)c2n[nH]c3c2CNCC3)cc1.Cl. The Morgan fingerprint density at radius 1 is 1.24 bits per heavy atom. The van der Waals surface area contributed by atoms with Crippen LogP contribution in [-0.2, 0) is 24.2 Å². The number of amides is 2. The summed E-state index contributed by atoms with van der Waals surface area (Å²) in [5.41, 5.74) is 4.37. The molecule has 1 aromatic carbocycles. The van der Waals surface area contributed by atoms with Gasteiger partial charge in [-0.15, -0.1) is 12.4 Å². The molecule has 3 rings (SSSR count). The quantitative estimate of drug-likeness (QED) is 0.645. The van der Waals surface area contributed by atoms with Crippen molar-refractivity contribution in [2.75, 3.05) is 18.4 Å². The van der Waals surface area contributed by atoms with Crippen molar-refractivity contribution in [2.45, 2.75) is 26.3 Å². The van der Waals surface area contributed by atoms with Crippen LogP contribution in [0.15, 0.2) is 24.3 Å². The van der Waals surface area contributed by atoms with Crippen molar-refractivity contribution >= 4 is 29.9 Å². The number of fused-ring (bicyclic) bond motifs is 1. The normalized spacial score (nSPS) is 12.7. The van der Waals surface area contributed by atoms with Crippen molar-refractivity contribution < 1.29 is 9.59 Å². The Hall–Kier alpha value is -2.38. The second kappa shape index (κ2) is 8.64. The fourth-order valence-electron chi connectivity index (χ4n) is 2.78. The largest absolute Gasteiger partial charge is 0.350 e. The highest BCUT2D eigenvalue weighted by Gasteiger charge is 2.21. The van der Waals surface area contributed by atoms with Crippen LogP contribution in [0.3, 0.4) is 0 Å². The lowest BCUT2D eigenvalue weighted by Crippen LogP contribution is -2.29. The Labute approximate surface area is 152 Å². The number of carbonyl (C=O) groups excluding carboxylic acids is 2. The van der Waals surface area contributed by atoms with E-state index in [1.165, 1.54) is 6.92 Å². The number of nitrogens with zero attached hydrogens (tertiary/aromatic N) is 1. The van der Waals surface area contributed by atoms with E-state index in [0.717, 1.165) is 41.9 Å². The van der Waals surface area contributed by atoms with Gasteiger partial charge in [-0.05, 0) is 24.1 Å². The monoisotopic (exact) mass is 363 g/mol. The first-order valence-electron chi connectivity index (χ1n) is 8.05. The molecule has 8 heteroatoms. The third-order valence-corrected chi connectivity index (χ3v) is 3.99. The zero-order chi connectivity index (χ0) is 16.9. The van der Waals surface area contributed by atoms with Crippen molar-refractivity contribution in [1.82, 2.24) is 20.8 Å². The van der Waals surface area contributed by atoms with E-state index in [9.17, 15) is 9.59 Å². The molecular weight excluding hydrogens is 342 g/mol. The Morgan fingerprint density at radius 2 is 2.00 bits per heavy atom. The Kier molecular flexibility index (Phi) is 6.55. The van der Waals surface area contributed by atoms with E-state index >= 15 is 0 Å². The number of aromatic amines is 1. The van der Waals surface area contributed by atoms with Crippen molar-refractivity contribution in [1.29, 1.82) is 0 Å². The third kappa shape index (κ3) is 4.80. The first-order chi connectivity index (χ1) is 11.6. The molecular formula is C17H22ClN5O2. The maximum atomic E-state index is 12.3. The number of hydrogen-bond acceptors (Lipinski definition) is 4. The molecule has 0 saturated heterocycles. The van der Waals surface area contributed by atoms with Gasteiger partial charge in [0.25, 0.3) is 5.91 Å². The fraction of sp³-hybridized carbons (Fsp3) is 0.353. The third-order valence-electron chi connectivity index (χ3n) is 3.99. The predicted octanol–water partition coefficient (Wildman–Crippen LogP) is 1.41. The zero-order valence-electron chi connectivity index (χ0n) is 14.0. The lowest BCUT2D eigenvalue weighted by atomic mass is 10.1. The van der Waals surface area contributed by atoms with E-state index in [4.69, 9.17) is 0 Å². The molecule has 1 aromatic heterocycles. The highest BCUT2D eigenvalue weighted by atomic mass is 35.5. The molecule has 0 bridgehead atoms. The van der Waals surface area contributed by atoms with Crippen LogP contribution in [0.4, 0.5) is 5.69 Å². The Bertz CT molecular complexity index is 742. The van der Waals surface area contributed by atoms with Gasteiger partial charge in [0.05, 0.1) is 0 Å². The fourth-order valence-corrected chi connectivity index (χ4v) is 2.78. The van der Waals surface area contributed by atoms with E-state index in [1.54, 1.807) is 0 Å². The molecule has 0 fully saturated rings. The van der Waals surface area contributed by atoms with Crippen LogP contribution in [0.2, 0.25) is 0 Å². The van der Waals surface area contributed by atoms with Crippen molar-refractivity contribution in [3.05, 3.63) is 46.8 Å². The number of hydrogen-bond donors (Lipinski definition) is 4. The van der Waals surface area contributed by atoms with E-state index < -0.39 is 0 Å². The van der Waals surface area contributed by atoms with E-state index in [1.807, 2.05) is 24.3 Å². The van der Waals surface area contributed by atoms with Gasteiger partial charge in [0.1, 0.15) is 0 Å². The van der Waals surface area contributed by atoms with Crippen LogP contribution in [0, 0.1) is 0 Å². The number of nitrogens with one attached hydrogen (secondary N) is 4. The molecule has 2 amide bonds. The summed E-state index contributed by atoms with van der Waals surface area (Å²) < 4.78 is 0. The zero-order valence-corrected chi connectivity index (χ0v) is 14.8. The molecule has 0 radical (unpaired) electrons. The second-order valence-corrected chi connectivity index (χ2v) is 5.84. The van der Waals surface area contributed by atoms with Crippen molar-refractivity contribution in [3.8, 4) is 0 Å². The molecule has 134 valence electrons. The van der Waals surface area contributed by atoms with E-state index in [-0.39, 0.29) is 24.2 Å². The molecule has 0 aliphatic carbocycles. The van der Waals surface area contributed by atoms with Crippen LogP contribution in [0.25, 0.3) is 0 Å². The van der Waals surface area contributed by atoms with Gasteiger partial charge < -0.3 is 16.0 Å². The van der Waals surface area contributed by atoms with Crippen LogP contribution < -0.4 is 16.0 Å². The number of carbonyl (C=O) groups is 2.